The Labute approximate surface area is 199 Å². The molecule has 0 aliphatic carbocycles. The monoisotopic (exact) mass is 499 g/mol. The van der Waals surface area contributed by atoms with E-state index in [2.05, 4.69) is 5.32 Å². The molecule has 0 radical (unpaired) electrons. The number of sulfonamides is 1. The molecule has 0 aliphatic heterocycles. The summed E-state index contributed by atoms with van der Waals surface area (Å²) in [5.41, 5.74) is 1.15. The minimum absolute atomic E-state index is 0.0539. The molecular weight excluding hydrogens is 473 g/mol. The van der Waals surface area contributed by atoms with Gasteiger partial charge in [-0.05, 0) is 43.2 Å². The Morgan fingerprint density at radius 2 is 1.78 bits per heavy atom. The fourth-order valence-corrected chi connectivity index (χ4v) is 4.57. The number of amides is 2. The van der Waals surface area contributed by atoms with Crippen molar-refractivity contribution >= 4 is 50.7 Å². The SMILES string of the molecule is CNC(=O)[C@H](C)N(Cc1ccccc1Cl)C(=O)CCCN(c1cccc(Cl)c1)S(C)(=O)=O. The molecule has 174 valence electrons. The molecule has 0 aliphatic rings. The number of hydrogen-bond donors (Lipinski definition) is 1. The van der Waals surface area contributed by atoms with E-state index >= 15 is 0 Å². The topological polar surface area (TPSA) is 86.8 Å². The van der Waals surface area contributed by atoms with E-state index < -0.39 is 16.1 Å². The lowest BCUT2D eigenvalue weighted by atomic mass is 10.1. The van der Waals surface area contributed by atoms with Gasteiger partial charge >= 0.3 is 0 Å². The van der Waals surface area contributed by atoms with Gasteiger partial charge < -0.3 is 10.2 Å². The zero-order valence-corrected chi connectivity index (χ0v) is 20.5. The van der Waals surface area contributed by atoms with Crippen molar-refractivity contribution in [3.8, 4) is 0 Å². The lowest BCUT2D eigenvalue weighted by Gasteiger charge is -2.29. The van der Waals surface area contributed by atoms with Crippen LogP contribution in [-0.2, 0) is 26.2 Å². The highest BCUT2D eigenvalue weighted by atomic mass is 35.5. The maximum Gasteiger partial charge on any atom is 0.242 e. The molecule has 2 aromatic carbocycles. The minimum Gasteiger partial charge on any atom is -0.357 e. The van der Waals surface area contributed by atoms with E-state index in [-0.39, 0.29) is 37.7 Å². The second-order valence-corrected chi connectivity index (χ2v) is 10.1. The number of rotatable bonds is 10. The molecule has 0 saturated heterocycles. The summed E-state index contributed by atoms with van der Waals surface area (Å²) < 4.78 is 25.8. The summed E-state index contributed by atoms with van der Waals surface area (Å²) in [6.07, 6.45) is 1.42. The molecule has 32 heavy (non-hydrogen) atoms. The average molecular weight is 500 g/mol. The van der Waals surface area contributed by atoms with Gasteiger partial charge in [0.1, 0.15) is 6.04 Å². The summed E-state index contributed by atoms with van der Waals surface area (Å²) in [5, 5.41) is 3.47. The number of nitrogens with zero attached hydrogens (tertiary/aromatic N) is 2. The Bertz CT molecular complexity index is 1060. The molecule has 0 heterocycles. The molecule has 0 unspecified atom stereocenters. The van der Waals surface area contributed by atoms with Crippen LogP contribution in [0.1, 0.15) is 25.3 Å². The van der Waals surface area contributed by atoms with Crippen molar-refractivity contribution in [1.82, 2.24) is 10.2 Å². The maximum absolute atomic E-state index is 13.1. The van der Waals surface area contributed by atoms with Crippen LogP contribution in [-0.4, -0.2) is 51.0 Å². The van der Waals surface area contributed by atoms with E-state index in [1.807, 2.05) is 6.07 Å². The Morgan fingerprint density at radius 3 is 2.38 bits per heavy atom. The third-order valence-electron chi connectivity index (χ3n) is 4.96. The molecule has 2 rings (SSSR count). The van der Waals surface area contributed by atoms with Crippen LogP contribution in [0.4, 0.5) is 5.69 Å². The van der Waals surface area contributed by atoms with Gasteiger partial charge in [0.15, 0.2) is 0 Å². The summed E-state index contributed by atoms with van der Waals surface area (Å²) in [5.74, 6) is -0.581. The van der Waals surface area contributed by atoms with Crippen LogP contribution in [0.2, 0.25) is 10.0 Å². The second kappa shape index (κ2) is 11.5. The highest BCUT2D eigenvalue weighted by Crippen LogP contribution is 2.23. The lowest BCUT2D eigenvalue weighted by Crippen LogP contribution is -2.46. The molecule has 7 nitrogen and oxygen atoms in total. The first-order chi connectivity index (χ1) is 15.0. The molecule has 10 heteroatoms. The quantitative estimate of drug-likeness (QED) is 0.539. The van der Waals surface area contributed by atoms with Crippen molar-refractivity contribution < 1.29 is 18.0 Å². The van der Waals surface area contributed by atoms with Gasteiger partial charge in [-0.15, -0.1) is 0 Å². The Kier molecular flexibility index (Phi) is 9.36. The smallest absolute Gasteiger partial charge is 0.242 e. The molecule has 1 N–H and O–H groups in total. The average Bonchev–Trinajstić information content (AvgIpc) is 2.74. The Balaban J connectivity index is 2.15. The molecule has 1 atom stereocenters. The molecule has 2 amide bonds. The summed E-state index contributed by atoms with van der Waals surface area (Å²) in [6, 6.07) is 12.9. The first kappa shape index (κ1) is 26.0. The predicted molar refractivity (Wildman–Crippen MR) is 128 cm³/mol. The van der Waals surface area contributed by atoms with E-state index in [0.717, 1.165) is 11.8 Å². The molecule has 2 aromatic rings. The van der Waals surface area contributed by atoms with Crippen molar-refractivity contribution in [1.29, 1.82) is 0 Å². The Morgan fingerprint density at radius 1 is 1.09 bits per heavy atom. The van der Waals surface area contributed by atoms with E-state index in [0.29, 0.717) is 15.7 Å². The maximum atomic E-state index is 13.1. The molecular formula is C22H27Cl2N3O4S. The fourth-order valence-electron chi connectivity index (χ4n) is 3.24. The van der Waals surface area contributed by atoms with Gasteiger partial charge in [0.05, 0.1) is 11.9 Å². The summed E-state index contributed by atoms with van der Waals surface area (Å²) in [6.45, 7) is 1.90. The molecule has 0 fully saturated rings. The predicted octanol–water partition coefficient (Wildman–Crippen LogP) is 3.70. The van der Waals surface area contributed by atoms with Gasteiger partial charge in [0, 0.05) is 36.6 Å². The van der Waals surface area contributed by atoms with Crippen molar-refractivity contribution in [2.75, 3.05) is 24.2 Å². The van der Waals surface area contributed by atoms with Crippen LogP contribution in [0.15, 0.2) is 48.5 Å². The third-order valence-corrected chi connectivity index (χ3v) is 6.76. The first-order valence-electron chi connectivity index (χ1n) is 10.0. The van der Waals surface area contributed by atoms with Crippen LogP contribution >= 0.6 is 23.2 Å². The minimum atomic E-state index is -3.57. The van der Waals surface area contributed by atoms with Crippen LogP contribution in [0.25, 0.3) is 0 Å². The lowest BCUT2D eigenvalue weighted by molar-refractivity contribution is -0.140. The molecule has 0 saturated carbocycles. The number of likely N-dealkylation sites (N-methyl/N-ethyl adjacent to an activating group) is 1. The first-order valence-corrected chi connectivity index (χ1v) is 12.6. The van der Waals surface area contributed by atoms with Crippen molar-refractivity contribution in [3.63, 3.8) is 0 Å². The normalized spacial score (nSPS) is 12.2. The van der Waals surface area contributed by atoms with E-state index in [9.17, 15) is 18.0 Å². The zero-order valence-electron chi connectivity index (χ0n) is 18.2. The number of benzene rings is 2. The van der Waals surface area contributed by atoms with Gasteiger partial charge in [0.2, 0.25) is 21.8 Å². The van der Waals surface area contributed by atoms with Crippen LogP contribution in [0.3, 0.4) is 0 Å². The summed E-state index contributed by atoms with van der Waals surface area (Å²) >= 11 is 12.2. The number of carbonyl (C=O) groups is 2. The highest BCUT2D eigenvalue weighted by molar-refractivity contribution is 7.92. The number of hydrogen-bond acceptors (Lipinski definition) is 4. The Hall–Kier alpha value is -2.29. The number of halogens is 2. The van der Waals surface area contributed by atoms with Crippen LogP contribution in [0, 0.1) is 0 Å². The second-order valence-electron chi connectivity index (χ2n) is 7.32. The van der Waals surface area contributed by atoms with Crippen molar-refractivity contribution in [2.45, 2.75) is 32.4 Å². The summed E-state index contributed by atoms with van der Waals surface area (Å²) in [4.78, 5) is 26.7. The standard InChI is InChI=1S/C22H27Cl2N3O4S/c1-16(22(29)25-2)26(15-17-8-4-5-11-20(17)24)21(28)12-7-13-27(32(3,30)31)19-10-6-9-18(23)14-19/h4-6,8-11,14,16H,7,12-13,15H2,1-3H3,(H,25,29)/t16-/m0/s1. The molecule has 0 spiro atoms. The largest absolute Gasteiger partial charge is 0.357 e. The highest BCUT2D eigenvalue weighted by Gasteiger charge is 2.26. The van der Waals surface area contributed by atoms with Gasteiger partial charge in [-0.1, -0.05) is 47.5 Å². The third kappa shape index (κ3) is 7.12. The molecule has 0 bridgehead atoms. The van der Waals surface area contributed by atoms with Gasteiger partial charge in [-0.25, -0.2) is 8.42 Å². The number of nitrogens with one attached hydrogen (secondary N) is 1. The van der Waals surface area contributed by atoms with Crippen LogP contribution in [0.5, 0.6) is 0 Å². The van der Waals surface area contributed by atoms with E-state index in [1.165, 1.54) is 16.3 Å². The fraction of sp³-hybridized carbons (Fsp3) is 0.364. The van der Waals surface area contributed by atoms with Gasteiger partial charge in [-0.3, -0.25) is 13.9 Å². The van der Waals surface area contributed by atoms with Crippen molar-refractivity contribution in [2.24, 2.45) is 0 Å². The van der Waals surface area contributed by atoms with Crippen LogP contribution < -0.4 is 9.62 Å². The molecule has 0 aromatic heterocycles. The van der Waals surface area contributed by atoms with Gasteiger partial charge in [0.25, 0.3) is 0 Å². The number of anilines is 1. The van der Waals surface area contributed by atoms with Gasteiger partial charge in [-0.2, -0.15) is 0 Å². The van der Waals surface area contributed by atoms with E-state index in [4.69, 9.17) is 23.2 Å². The summed E-state index contributed by atoms with van der Waals surface area (Å²) in [7, 11) is -2.07. The zero-order chi connectivity index (χ0) is 23.9. The number of carbonyl (C=O) groups excluding carboxylic acids is 2. The van der Waals surface area contributed by atoms with E-state index in [1.54, 1.807) is 49.4 Å². The van der Waals surface area contributed by atoms with Crippen molar-refractivity contribution in [3.05, 3.63) is 64.1 Å².